The minimum atomic E-state index is -0.511. The lowest BCUT2D eigenvalue weighted by Gasteiger charge is -2.08. The van der Waals surface area contributed by atoms with Gasteiger partial charge in [-0.05, 0) is 60.4 Å². The fraction of sp³-hybridized carbons (Fsp3) is 0.174. The number of carbonyl (C=O) groups is 1. The number of nitrogens with one attached hydrogen (secondary N) is 1. The summed E-state index contributed by atoms with van der Waals surface area (Å²) < 4.78 is 13.2. The number of nitrogens with zero attached hydrogens (tertiary/aromatic N) is 2. The second-order valence-corrected chi connectivity index (χ2v) is 7.56. The molecule has 0 saturated heterocycles. The summed E-state index contributed by atoms with van der Waals surface area (Å²) in [6, 6.07) is 13.7. The third-order valence-corrected chi connectivity index (χ3v) is 5.31. The van der Waals surface area contributed by atoms with Crippen LogP contribution < -0.4 is 5.73 Å². The van der Waals surface area contributed by atoms with E-state index in [1.54, 1.807) is 18.2 Å². The van der Waals surface area contributed by atoms with Crippen LogP contribution in [-0.2, 0) is 12.8 Å². The standard InChI is InChI=1S/C23H20ClFN4O/c24-17-3-1-2-14(12-17)13-20-21(23(26)30)19(28-29-20)9-6-16-10-11-27-22(16)15-4-7-18(25)8-5-15/h1-5,7-8,10,12H,6,9,11,13H2,(H2,26,30)(H,28,29). The Morgan fingerprint density at radius 2 is 1.97 bits per heavy atom. The molecule has 0 atom stereocenters. The Bertz CT molecular complexity index is 1150. The zero-order chi connectivity index (χ0) is 21.1. The van der Waals surface area contributed by atoms with Gasteiger partial charge in [-0.3, -0.25) is 14.9 Å². The van der Waals surface area contributed by atoms with Gasteiger partial charge in [0, 0.05) is 17.0 Å². The van der Waals surface area contributed by atoms with Crippen LogP contribution in [0.5, 0.6) is 0 Å². The van der Waals surface area contributed by atoms with Gasteiger partial charge >= 0.3 is 0 Å². The molecule has 0 spiro atoms. The summed E-state index contributed by atoms with van der Waals surface area (Å²) in [7, 11) is 0. The van der Waals surface area contributed by atoms with E-state index in [1.165, 1.54) is 12.1 Å². The van der Waals surface area contributed by atoms with Crippen molar-refractivity contribution in [1.29, 1.82) is 0 Å². The van der Waals surface area contributed by atoms with Gasteiger partial charge in [0.05, 0.1) is 29.2 Å². The number of amides is 1. The average molecular weight is 423 g/mol. The lowest BCUT2D eigenvalue weighted by Crippen LogP contribution is -2.15. The monoisotopic (exact) mass is 422 g/mol. The first kappa shape index (κ1) is 20.0. The van der Waals surface area contributed by atoms with Crippen molar-refractivity contribution in [1.82, 2.24) is 10.2 Å². The first-order valence-corrected chi connectivity index (χ1v) is 9.99. The van der Waals surface area contributed by atoms with Crippen molar-refractivity contribution in [3.63, 3.8) is 0 Å². The molecule has 3 N–H and O–H groups in total. The van der Waals surface area contributed by atoms with Gasteiger partial charge in [0.25, 0.3) is 5.91 Å². The summed E-state index contributed by atoms with van der Waals surface area (Å²) >= 11 is 6.06. The predicted octanol–water partition coefficient (Wildman–Crippen LogP) is 4.25. The van der Waals surface area contributed by atoms with Gasteiger partial charge in [-0.2, -0.15) is 5.10 Å². The van der Waals surface area contributed by atoms with Crippen LogP contribution in [0.15, 0.2) is 65.2 Å². The lowest BCUT2D eigenvalue weighted by molar-refractivity contribution is 0.0998. The Hall–Kier alpha value is -3.25. The van der Waals surface area contributed by atoms with Crippen LogP contribution in [0, 0.1) is 5.82 Å². The van der Waals surface area contributed by atoms with Crippen molar-refractivity contribution >= 4 is 23.2 Å². The van der Waals surface area contributed by atoms with Crippen LogP contribution in [-0.4, -0.2) is 28.4 Å². The van der Waals surface area contributed by atoms with Gasteiger partial charge in [-0.1, -0.05) is 29.8 Å². The van der Waals surface area contributed by atoms with Gasteiger partial charge in [0.15, 0.2) is 0 Å². The maximum absolute atomic E-state index is 13.2. The van der Waals surface area contributed by atoms with Crippen molar-refractivity contribution in [2.45, 2.75) is 19.3 Å². The van der Waals surface area contributed by atoms with Crippen molar-refractivity contribution in [3.05, 3.63) is 99.1 Å². The van der Waals surface area contributed by atoms with Crippen molar-refractivity contribution < 1.29 is 9.18 Å². The maximum atomic E-state index is 13.2. The van der Waals surface area contributed by atoms with Crippen molar-refractivity contribution in [3.8, 4) is 0 Å². The van der Waals surface area contributed by atoms with Crippen LogP contribution in [0.3, 0.4) is 0 Å². The molecule has 1 aromatic heterocycles. The van der Waals surface area contributed by atoms with Crippen LogP contribution in [0.2, 0.25) is 5.02 Å². The normalized spacial score (nSPS) is 13.3. The molecular formula is C23H20ClFN4O. The molecule has 0 bridgehead atoms. The van der Waals surface area contributed by atoms with Crippen LogP contribution in [0.4, 0.5) is 4.39 Å². The molecule has 3 aromatic rings. The number of benzene rings is 2. The van der Waals surface area contributed by atoms with Gasteiger partial charge < -0.3 is 5.73 Å². The zero-order valence-corrected chi connectivity index (χ0v) is 16.9. The SMILES string of the molecule is NC(=O)c1c(CCC2=CCN=C2c2ccc(F)cc2)n[nH]c1Cc1cccc(Cl)c1. The molecule has 0 fully saturated rings. The fourth-order valence-electron chi connectivity index (χ4n) is 3.68. The summed E-state index contributed by atoms with van der Waals surface area (Å²) in [5.41, 5.74) is 11.1. The molecule has 0 unspecified atom stereocenters. The van der Waals surface area contributed by atoms with Crippen LogP contribution >= 0.6 is 11.6 Å². The molecule has 1 aliphatic rings. The number of aryl methyl sites for hydroxylation is 1. The molecule has 1 aliphatic heterocycles. The Morgan fingerprint density at radius 3 is 2.70 bits per heavy atom. The first-order chi connectivity index (χ1) is 14.5. The molecule has 7 heteroatoms. The summed E-state index contributed by atoms with van der Waals surface area (Å²) in [5, 5.41) is 7.95. The molecule has 1 amide bonds. The Labute approximate surface area is 178 Å². The maximum Gasteiger partial charge on any atom is 0.252 e. The van der Waals surface area contributed by atoms with Crippen LogP contribution in [0.1, 0.15) is 39.3 Å². The highest BCUT2D eigenvalue weighted by molar-refractivity contribution is 6.30. The van der Waals surface area contributed by atoms with Crippen molar-refractivity contribution in [2.24, 2.45) is 10.7 Å². The number of hydrogen-bond acceptors (Lipinski definition) is 3. The van der Waals surface area contributed by atoms with E-state index in [0.717, 1.165) is 22.4 Å². The summed E-state index contributed by atoms with van der Waals surface area (Å²) in [6.45, 7) is 0.589. The topological polar surface area (TPSA) is 84.1 Å². The van der Waals surface area contributed by atoms with E-state index in [4.69, 9.17) is 17.3 Å². The Morgan fingerprint density at radius 1 is 1.17 bits per heavy atom. The predicted molar refractivity (Wildman–Crippen MR) is 116 cm³/mol. The molecule has 2 aromatic carbocycles. The number of hydrogen-bond donors (Lipinski definition) is 2. The number of aromatic nitrogens is 2. The highest BCUT2D eigenvalue weighted by atomic mass is 35.5. The highest BCUT2D eigenvalue weighted by Crippen LogP contribution is 2.23. The Balaban J connectivity index is 1.51. The van der Waals surface area contributed by atoms with E-state index in [9.17, 15) is 9.18 Å². The molecule has 0 radical (unpaired) electrons. The van der Waals surface area contributed by atoms with Gasteiger partial charge in [-0.15, -0.1) is 0 Å². The van der Waals surface area contributed by atoms with Gasteiger partial charge in [0.1, 0.15) is 5.82 Å². The van der Waals surface area contributed by atoms with Gasteiger partial charge in [-0.25, -0.2) is 4.39 Å². The fourth-order valence-corrected chi connectivity index (χ4v) is 3.89. The van der Waals surface area contributed by atoms with E-state index in [0.29, 0.717) is 47.8 Å². The smallest absolute Gasteiger partial charge is 0.252 e. The van der Waals surface area contributed by atoms with E-state index in [2.05, 4.69) is 15.2 Å². The molecule has 0 saturated carbocycles. The summed E-state index contributed by atoms with van der Waals surface area (Å²) in [5.74, 6) is -0.790. The third kappa shape index (κ3) is 4.33. The van der Waals surface area contributed by atoms with Gasteiger partial charge in [0.2, 0.25) is 0 Å². The molecule has 4 rings (SSSR count). The zero-order valence-electron chi connectivity index (χ0n) is 16.2. The minimum Gasteiger partial charge on any atom is -0.365 e. The quantitative estimate of drug-likeness (QED) is 0.596. The van der Waals surface area contributed by atoms with E-state index >= 15 is 0 Å². The Kier molecular flexibility index (Phi) is 5.77. The number of aromatic amines is 1. The largest absolute Gasteiger partial charge is 0.365 e. The van der Waals surface area contributed by atoms with E-state index in [-0.39, 0.29) is 5.82 Å². The number of rotatable bonds is 7. The number of halogens is 2. The van der Waals surface area contributed by atoms with E-state index < -0.39 is 5.91 Å². The number of primary amides is 1. The second-order valence-electron chi connectivity index (χ2n) is 7.12. The van der Waals surface area contributed by atoms with Crippen molar-refractivity contribution in [2.75, 3.05) is 6.54 Å². The molecule has 152 valence electrons. The summed E-state index contributed by atoms with van der Waals surface area (Å²) in [6.07, 6.45) is 3.72. The number of aliphatic imine (C=N–C) groups is 1. The minimum absolute atomic E-state index is 0.280. The number of carbonyl (C=O) groups excluding carboxylic acids is 1. The number of nitrogens with two attached hydrogens (primary N) is 1. The molecule has 0 aliphatic carbocycles. The number of H-pyrrole nitrogens is 1. The number of allylic oxidation sites excluding steroid dienone is 1. The molecule has 2 heterocycles. The second kappa shape index (κ2) is 8.63. The summed E-state index contributed by atoms with van der Waals surface area (Å²) in [4.78, 5) is 16.7. The lowest BCUT2D eigenvalue weighted by atomic mass is 9.97. The third-order valence-electron chi connectivity index (χ3n) is 5.07. The molecular weight excluding hydrogens is 403 g/mol. The van der Waals surface area contributed by atoms with Crippen LogP contribution in [0.25, 0.3) is 0 Å². The molecule has 5 nitrogen and oxygen atoms in total. The molecule has 30 heavy (non-hydrogen) atoms. The highest BCUT2D eigenvalue weighted by Gasteiger charge is 2.20. The average Bonchev–Trinajstić information content (AvgIpc) is 3.34. The first-order valence-electron chi connectivity index (χ1n) is 9.61. The van der Waals surface area contributed by atoms with E-state index in [1.807, 2.05) is 24.3 Å².